The summed E-state index contributed by atoms with van der Waals surface area (Å²) in [6.07, 6.45) is -3.48. The predicted molar refractivity (Wildman–Crippen MR) is 134 cm³/mol. The van der Waals surface area contributed by atoms with Gasteiger partial charge in [-0.15, -0.1) is 0 Å². The van der Waals surface area contributed by atoms with E-state index in [0.29, 0.717) is 11.5 Å². The molecule has 39 heavy (non-hydrogen) atoms. The molecular weight excluding hydrogens is 523 g/mol. The van der Waals surface area contributed by atoms with E-state index in [2.05, 4.69) is 26.1 Å². The van der Waals surface area contributed by atoms with Crippen LogP contribution in [0.4, 0.5) is 24.8 Å². The topological polar surface area (TPSA) is 181 Å². The highest BCUT2D eigenvalue weighted by Gasteiger charge is 2.38. The molecule has 3 rings (SSSR count). The lowest BCUT2D eigenvalue weighted by Gasteiger charge is -2.13. The number of hydrogen-bond acceptors (Lipinski definition) is 8. The maximum Gasteiger partial charge on any atom is 0.490 e. The number of carbonyl (C=O) groups is 3. The van der Waals surface area contributed by atoms with Crippen molar-refractivity contribution in [3.63, 3.8) is 0 Å². The molecule has 6 N–H and O–H groups in total. The number of benzene rings is 1. The number of carboxylic acids is 1. The fraction of sp³-hybridized carbons (Fsp3) is 0.250. The third-order valence-electron chi connectivity index (χ3n) is 5.02. The van der Waals surface area contributed by atoms with Crippen LogP contribution >= 0.6 is 0 Å². The van der Waals surface area contributed by atoms with Crippen molar-refractivity contribution in [2.75, 3.05) is 11.2 Å². The number of pyridine rings is 1. The highest BCUT2D eigenvalue weighted by molar-refractivity contribution is 5.79. The minimum atomic E-state index is -5.08. The van der Waals surface area contributed by atoms with Gasteiger partial charge in [-0.2, -0.15) is 13.2 Å². The number of aryl methyl sites for hydroxylation is 2. The van der Waals surface area contributed by atoms with E-state index in [1.165, 1.54) is 10.8 Å². The highest BCUT2D eigenvalue weighted by atomic mass is 19.4. The number of nitrogens with zero attached hydrogens (tertiary/aromatic N) is 3. The zero-order valence-electron chi connectivity index (χ0n) is 20.9. The summed E-state index contributed by atoms with van der Waals surface area (Å²) in [4.78, 5) is 54.4. The Morgan fingerprint density at radius 1 is 1.05 bits per heavy atom. The van der Waals surface area contributed by atoms with Crippen LogP contribution in [0.15, 0.2) is 53.5 Å². The number of aromatic nitrogens is 3. The van der Waals surface area contributed by atoms with Crippen molar-refractivity contribution in [3.8, 4) is 0 Å². The monoisotopic (exact) mass is 549 g/mol. The van der Waals surface area contributed by atoms with Crippen LogP contribution in [0.5, 0.6) is 0 Å². The maximum absolute atomic E-state index is 12.7. The van der Waals surface area contributed by atoms with Crippen LogP contribution in [0.2, 0.25) is 0 Å². The molecule has 2 amide bonds. The fourth-order valence-corrected chi connectivity index (χ4v) is 3.00. The van der Waals surface area contributed by atoms with Crippen LogP contribution in [-0.4, -0.2) is 43.6 Å². The van der Waals surface area contributed by atoms with Gasteiger partial charge < -0.3 is 16.2 Å². The molecule has 1 aromatic carbocycles. The van der Waals surface area contributed by atoms with Gasteiger partial charge in [-0.05, 0) is 31.0 Å². The lowest BCUT2D eigenvalue weighted by Crippen LogP contribution is -2.38. The summed E-state index contributed by atoms with van der Waals surface area (Å²) in [7, 11) is 0. The number of carboxylic acid groups (broad SMARTS) is 1. The van der Waals surface area contributed by atoms with Crippen LogP contribution < -0.4 is 27.5 Å². The molecule has 0 unspecified atom stereocenters. The van der Waals surface area contributed by atoms with Crippen molar-refractivity contribution in [1.82, 2.24) is 25.3 Å². The largest absolute Gasteiger partial charge is 0.490 e. The van der Waals surface area contributed by atoms with Gasteiger partial charge in [0.15, 0.2) is 0 Å². The Kier molecular flexibility index (Phi) is 10.5. The van der Waals surface area contributed by atoms with Crippen LogP contribution in [0.1, 0.15) is 22.5 Å². The van der Waals surface area contributed by atoms with Crippen molar-refractivity contribution in [1.29, 1.82) is 0 Å². The van der Waals surface area contributed by atoms with Gasteiger partial charge in [0.1, 0.15) is 12.4 Å². The summed E-state index contributed by atoms with van der Waals surface area (Å²) in [5, 5.41) is 9.89. The second kappa shape index (κ2) is 13.6. The van der Waals surface area contributed by atoms with E-state index in [4.69, 9.17) is 15.6 Å². The van der Waals surface area contributed by atoms with Crippen LogP contribution in [0.3, 0.4) is 0 Å². The number of anilines is 2. The minimum Gasteiger partial charge on any atom is -0.475 e. The number of hydrazine groups is 1. The second-order valence-electron chi connectivity index (χ2n) is 8.04. The standard InChI is InChI=1S/C22H25N7O3.C2HF3O2/c1-14-11-25-21(28-27-19(30)10-16-6-4-3-5-7-16)22(32)29(14)13-20(31)24-12-17-8-9-18(23)26-15(17)2;3-2(4,5)1(6)7/h3-9,11H,10,12-13H2,1-2H3,(H2,23,26)(H,24,31)(H,25,28)(H,27,30);(H,6,7). The summed E-state index contributed by atoms with van der Waals surface area (Å²) in [5.41, 5.74) is 13.0. The third kappa shape index (κ3) is 9.79. The van der Waals surface area contributed by atoms with Crippen molar-refractivity contribution in [2.45, 2.75) is 39.5 Å². The summed E-state index contributed by atoms with van der Waals surface area (Å²) in [6.45, 7) is 3.55. The Bertz CT molecular complexity index is 1380. The Hall–Kier alpha value is -4.95. The number of halogens is 3. The summed E-state index contributed by atoms with van der Waals surface area (Å²) in [6, 6.07) is 12.7. The zero-order chi connectivity index (χ0) is 29.2. The van der Waals surface area contributed by atoms with Crippen molar-refractivity contribution < 1.29 is 32.7 Å². The molecule has 12 nitrogen and oxygen atoms in total. The Labute approximate surface area is 220 Å². The van der Waals surface area contributed by atoms with Crippen LogP contribution in [0, 0.1) is 13.8 Å². The normalized spacial score (nSPS) is 10.6. The van der Waals surface area contributed by atoms with E-state index in [1.54, 1.807) is 26.0 Å². The molecule has 208 valence electrons. The number of amides is 2. The van der Waals surface area contributed by atoms with E-state index in [1.807, 2.05) is 30.3 Å². The second-order valence-corrected chi connectivity index (χ2v) is 8.04. The number of alkyl halides is 3. The average molecular weight is 550 g/mol. The molecule has 0 saturated heterocycles. The van der Waals surface area contributed by atoms with Crippen molar-refractivity contribution >= 4 is 29.4 Å². The summed E-state index contributed by atoms with van der Waals surface area (Å²) in [5.74, 6) is -3.10. The molecule has 0 aliphatic rings. The summed E-state index contributed by atoms with van der Waals surface area (Å²) < 4.78 is 33.0. The first-order chi connectivity index (χ1) is 18.3. The van der Waals surface area contributed by atoms with E-state index >= 15 is 0 Å². The van der Waals surface area contributed by atoms with Crippen LogP contribution in [-0.2, 0) is 33.9 Å². The molecule has 2 heterocycles. The molecule has 3 aromatic rings. The SMILES string of the molecule is Cc1nc(N)ccc1CNC(=O)Cn1c(C)cnc(NNC(=O)Cc2ccccc2)c1=O.O=C(O)C(F)(F)F. The van der Waals surface area contributed by atoms with Crippen molar-refractivity contribution in [3.05, 3.63) is 81.5 Å². The molecule has 0 aliphatic carbocycles. The Balaban J connectivity index is 0.000000673. The first-order valence-electron chi connectivity index (χ1n) is 11.2. The molecule has 0 atom stereocenters. The van der Waals surface area contributed by atoms with Gasteiger partial charge in [-0.3, -0.25) is 29.8 Å². The van der Waals surface area contributed by atoms with Gasteiger partial charge in [0, 0.05) is 24.1 Å². The number of nitrogens with two attached hydrogens (primary N) is 1. The molecule has 15 heteroatoms. The van der Waals surface area contributed by atoms with Gasteiger partial charge in [-0.1, -0.05) is 36.4 Å². The maximum atomic E-state index is 12.7. The number of rotatable bonds is 8. The quantitative estimate of drug-likeness (QED) is 0.260. The smallest absolute Gasteiger partial charge is 0.475 e. The van der Waals surface area contributed by atoms with E-state index in [0.717, 1.165) is 16.8 Å². The van der Waals surface area contributed by atoms with Gasteiger partial charge >= 0.3 is 12.1 Å². The number of nitrogens with one attached hydrogen (secondary N) is 3. The Morgan fingerprint density at radius 2 is 1.69 bits per heavy atom. The average Bonchev–Trinajstić information content (AvgIpc) is 2.86. The van der Waals surface area contributed by atoms with E-state index < -0.39 is 17.7 Å². The fourth-order valence-electron chi connectivity index (χ4n) is 3.00. The molecule has 0 radical (unpaired) electrons. The van der Waals surface area contributed by atoms with Gasteiger partial charge in [0.25, 0.3) is 5.56 Å². The van der Waals surface area contributed by atoms with Gasteiger partial charge in [0.05, 0.1) is 6.42 Å². The molecule has 0 fully saturated rings. The zero-order valence-corrected chi connectivity index (χ0v) is 20.9. The summed E-state index contributed by atoms with van der Waals surface area (Å²) >= 11 is 0. The highest BCUT2D eigenvalue weighted by Crippen LogP contribution is 2.13. The lowest BCUT2D eigenvalue weighted by atomic mass is 10.1. The lowest BCUT2D eigenvalue weighted by molar-refractivity contribution is -0.192. The van der Waals surface area contributed by atoms with Gasteiger partial charge in [0.2, 0.25) is 17.6 Å². The minimum absolute atomic E-state index is 0.0802. The van der Waals surface area contributed by atoms with E-state index in [-0.39, 0.29) is 37.1 Å². The number of hydrogen-bond donors (Lipinski definition) is 5. The van der Waals surface area contributed by atoms with Gasteiger partial charge in [-0.25, -0.2) is 14.8 Å². The molecule has 0 spiro atoms. The van der Waals surface area contributed by atoms with Crippen molar-refractivity contribution in [2.24, 2.45) is 0 Å². The molecule has 0 saturated carbocycles. The number of carbonyl (C=O) groups excluding carboxylic acids is 2. The Morgan fingerprint density at radius 3 is 2.28 bits per heavy atom. The molecular formula is C24H26F3N7O5. The molecule has 0 bridgehead atoms. The molecule has 2 aromatic heterocycles. The van der Waals surface area contributed by atoms with Crippen LogP contribution in [0.25, 0.3) is 0 Å². The number of nitrogen functional groups attached to an aromatic ring is 1. The number of aliphatic carboxylic acids is 1. The molecule has 0 aliphatic heterocycles. The first kappa shape index (κ1) is 30.3. The predicted octanol–water partition coefficient (Wildman–Crippen LogP) is 1.47. The first-order valence-corrected chi connectivity index (χ1v) is 11.2. The third-order valence-corrected chi connectivity index (χ3v) is 5.02. The van der Waals surface area contributed by atoms with E-state index in [9.17, 15) is 27.6 Å².